The monoisotopic (exact) mass is 367 g/mol. The van der Waals surface area contributed by atoms with Crippen LogP contribution in [0.25, 0.3) is 0 Å². The number of anilines is 1. The molecule has 1 fully saturated rings. The Balaban J connectivity index is 2.48. The van der Waals surface area contributed by atoms with E-state index in [2.05, 4.69) is 0 Å². The number of hydrazine groups is 2. The van der Waals surface area contributed by atoms with Crippen LogP contribution >= 0.6 is 0 Å². The maximum absolute atomic E-state index is 12.4. The van der Waals surface area contributed by atoms with E-state index < -0.39 is 21.9 Å². The number of carbonyl (C=O) groups is 2. The molecule has 1 aliphatic rings. The van der Waals surface area contributed by atoms with Gasteiger partial charge in [-0.3, -0.25) is 9.59 Å². The third-order valence-corrected chi connectivity index (χ3v) is 3.90. The standard InChI is InChI=1S/C14H17N5O7/c1-15(18(22)23)13(20)10-3-4-11(14(21)16(2)19(24)25)12(9-10)17-5-7-26-8-6-17/h3-4,9H,5-8H2,1-2H3. The molecule has 0 radical (unpaired) electrons. The molecule has 0 unspecified atom stereocenters. The van der Waals surface area contributed by atoms with Gasteiger partial charge in [-0.15, -0.1) is 0 Å². The minimum atomic E-state index is -0.869. The molecule has 0 aliphatic carbocycles. The number of hydrogen-bond donors (Lipinski definition) is 0. The van der Waals surface area contributed by atoms with Crippen molar-refractivity contribution < 1.29 is 24.4 Å². The van der Waals surface area contributed by atoms with E-state index in [1.807, 2.05) is 0 Å². The summed E-state index contributed by atoms with van der Waals surface area (Å²) in [5, 5.41) is 20.6. The van der Waals surface area contributed by atoms with E-state index in [9.17, 15) is 29.8 Å². The van der Waals surface area contributed by atoms with E-state index in [0.717, 1.165) is 14.1 Å². The average molecular weight is 367 g/mol. The van der Waals surface area contributed by atoms with Crippen LogP contribution in [0.4, 0.5) is 5.69 Å². The van der Waals surface area contributed by atoms with Gasteiger partial charge in [-0.2, -0.15) is 0 Å². The Labute approximate surface area is 147 Å². The molecule has 2 amide bonds. The summed E-state index contributed by atoms with van der Waals surface area (Å²) in [5.74, 6) is -1.73. The second-order valence-corrected chi connectivity index (χ2v) is 5.46. The van der Waals surface area contributed by atoms with E-state index in [-0.39, 0.29) is 16.8 Å². The smallest absolute Gasteiger partial charge is 0.315 e. The normalized spacial score (nSPS) is 13.8. The van der Waals surface area contributed by atoms with Crippen LogP contribution in [0, 0.1) is 20.2 Å². The predicted octanol–water partition coefficient (Wildman–Crippen LogP) is 0.0506. The molecule has 0 aromatic heterocycles. The van der Waals surface area contributed by atoms with Gasteiger partial charge in [0.25, 0.3) is 0 Å². The van der Waals surface area contributed by atoms with Gasteiger partial charge in [-0.25, -0.2) is 20.2 Å². The molecular formula is C14H17N5O7. The molecule has 1 aliphatic heterocycles. The maximum atomic E-state index is 12.4. The first-order valence-corrected chi connectivity index (χ1v) is 7.55. The van der Waals surface area contributed by atoms with Crippen molar-refractivity contribution in [2.45, 2.75) is 0 Å². The molecule has 12 nitrogen and oxygen atoms in total. The van der Waals surface area contributed by atoms with E-state index in [0.29, 0.717) is 36.3 Å². The number of rotatable bonds is 5. The molecule has 1 aromatic carbocycles. The molecule has 1 aromatic rings. The second kappa shape index (κ2) is 7.74. The van der Waals surface area contributed by atoms with E-state index in [1.54, 1.807) is 4.90 Å². The number of morpholine rings is 1. The summed E-state index contributed by atoms with van der Waals surface area (Å²) in [7, 11) is 2.03. The molecular weight excluding hydrogens is 350 g/mol. The van der Waals surface area contributed by atoms with E-state index >= 15 is 0 Å². The zero-order chi connectivity index (χ0) is 19.4. The number of ether oxygens (including phenoxy) is 1. The van der Waals surface area contributed by atoms with Crippen molar-refractivity contribution in [2.24, 2.45) is 0 Å². The van der Waals surface area contributed by atoms with Crippen molar-refractivity contribution in [3.8, 4) is 0 Å². The number of carbonyl (C=O) groups excluding carboxylic acids is 2. The van der Waals surface area contributed by atoms with Gasteiger partial charge in [-0.1, -0.05) is 10.0 Å². The SMILES string of the molecule is CN(C(=O)c1ccc(C(=O)N(C)[N+](=O)[O-])c(N2CCOCC2)c1)[N+](=O)[O-]. The minimum Gasteiger partial charge on any atom is -0.378 e. The Morgan fingerprint density at radius 1 is 1.04 bits per heavy atom. The summed E-state index contributed by atoms with van der Waals surface area (Å²) in [4.78, 5) is 48.0. The maximum Gasteiger partial charge on any atom is 0.315 e. The Hall–Kier alpha value is -3.28. The summed E-state index contributed by atoms with van der Waals surface area (Å²) in [5.41, 5.74) is 0.298. The average Bonchev–Trinajstić information content (AvgIpc) is 2.65. The Morgan fingerprint density at radius 3 is 2.12 bits per heavy atom. The van der Waals surface area contributed by atoms with Crippen LogP contribution in [-0.4, -0.2) is 72.3 Å². The highest BCUT2D eigenvalue weighted by atomic mass is 16.7. The molecule has 0 bridgehead atoms. The zero-order valence-electron chi connectivity index (χ0n) is 14.2. The lowest BCUT2D eigenvalue weighted by atomic mass is 10.1. The van der Waals surface area contributed by atoms with Crippen molar-refractivity contribution in [3.63, 3.8) is 0 Å². The first-order valence-electron chi connectivity index (χ1n) is 7.55. The largest absolute Gasteiger partial charge is 0.378 e. The fourth-order valence-electron chi connectivity index (χ4n) is 2.42. The Morgan fingerprint density at radius 2 is 1.58 bits per heavy atom. The highest BCUT2D eigenvalue weighted by molar-refractivity contribution is 6.02. The highest BCUT2D eigenvalue weighted by Gasteiger charge is 2.29. The van der Waals surface area contributed by atoms with Crippen LogP contribution in [0.5, 0.6) is 0 Å². The summed E-state index contributed by atoms with van der Waals surface area (Å²) < 4.78 is 5.24. The van der Waals surface area contributed by atoms with Crippen molar-refractivity contribution in [3.05, 3.63) is 49.6 Å². The molecule has 0 N–H and O–H groups in total. The number of nitrogens with zero attached hydrogens (tertiary/aromatic N) is 5. The number of nitro groups is 2. The summed E-state index contributed by atoms with van der Waals surface area (Å²) in [6, 6.07) is 3.82. The van der Waals surface area contributed by atoms with Gasteiger partial charge in [-0.05, 0) is 18.2 Å². The third kappa shape index (κ3) is 3.85. The van der Waals surface area contributed by atoms with Crippen LogP contribution in [0.1, 0.15) is 20.7 Å². The molecule has 26 heavy (non-hydrogen) atoms. The third-order valence-electron chi connectivity index (χ3n) is 3.90. The van der Waals surface area contributed by atoms with Crippen molar-refractivity contribution >= 4 is 17.5 Å². The molecule has 0 spiro atoms. The van der Waals surface area contributed by atoms with Gasteiger partial charge < -0.3 is 9.64 Å². The van der Waals surface area contributed by atoms with Crippen molar-refractivity contribution in [1.29, 1.82) is 0 Å². The topological polar surface area (TPSA) is 139 Å². The Bertz CT molecular complexity index is 747. The first-order chi connectivity index (χ1) is 12.2. The van der Waals surface area contributed by atoms with Gasteiger partial charge in [0.05, 0.1) is 38.6 Å². The van der Waals surface area contributed by atoms with Gasteiger partial charge >= 0.3 is 11.8 Å². The van der Waals surface area contributed by atoms with Gasteiger partial charge in [0.2, 0.25) is 0 Å². The molecule has 140 valence electrons. The van der Waals surface area contributed by atoms with Gasteiger partial charge in [0.1, 0.15) is 0 Å². The summed E-state index contributed by atoms with van der Waals surface area (Å²) in [6.07, 6.45) is 0. The van der Waals surface area contributed by atoms with Crippen LogP contribution in [0.15, 0.2) is 18.2 Å². The lowest BCUT2D eigenvalue weighted by Gasteiger charge is -2.30. The summed E-state index contributed by atoms with van der Waals surface area (Å²) in [6.45, 7) is 1.58. The molecule has 1 heterocycles. The highest BCUT2D eigenvalue weighted by Crippen LogP contribution is 2.25. The number of benzene rings is 1. The minimum absolute atomic E-state index is 0.00834. The van der Waals surface area contributed by atoms with Crippen LogP contribution in [-0.2, 0) is 4.74 Å². The Kier molecular flexibility index (Phi) is 5.67. The fourth-order valence-corrected chi connectivity index (χ4v) is 2.42. The van der Waals surface area contributed by atoms with E-state index in [4.69, 9.17) is 4.74 Å². The predicted molar refractivity (Wildman–Crippen MR) is 87.6 cm³/mol. The molecule has 0 atom stereocenters. The first kappa shape index (κ1) is 19.1. The van der Waals surface area contributed by atoms with E-state index in [1.165, 1.54) is 18.2 Å². The quantitative estimate of drug-likeness (QED) is 0.525. The summed E-state index contributed by atoms with van der Waals surface area (Å²) >= 11 is 0. The molecule has 1 saturated heterocycles. The number of hydrogen-bond acceptors (Lipinski definition) is 8. The van der Waals surface area contributed by atoms with Gasteiger partial charge in [0.15, 0.2) is 10.1 Å². The molecule has 2 rings (SSSR count). The van der Waals surface area contributed by atoms with Crippen molar-refractivity contribution in [1.82, 2.24) is 10.0 Å². The van der Waals surface area contributed by atoms with Gasteiger partial charge in [0, 0.05) is 18.7 Å². The second-order valence-electron chi connectivity index (χ2n) is 5.46. The fraction of sp³-hybridized carbons (Fsp3) is 0.429. The molecule has 0 saturated carbocycles. The van der Waals surface area contributed by atoms with Crippen LogP contribution in [0.2, 0.25) is 0 Å². The zero-order valence-corrected chi connectivity index (χ0v) is 14.2. The van der Waals surface area contributed by atoms with Crippen molar-refractivity contribution in [2.75, 3.05) is 45.3 Å². The van der Waals surface area contributed by atoms with Crippen LogP contribution < -0.4 is 4.90 Å². The number of amides is 2. The lowest BCUT2D eigenvalue weighted by molar-refractivity contribution is -0.625. The molecule has 12 heteroatoms. The van der Waals surface area contributed by atoms with Crippen LogP contribution in [0.3, 0.4) is 0 Å². The lowest BCUT2D eigenvalue weighted by Crippen LogP contribution is -2.39.